The Morgan fingerprint density at radius 2 is 1.00 bits per heavy atom. The SMILES string of the molecule is Cc1cc(C(C)(c2cc(C)c(O)cc2C)c2ccccc2O)c(C)cc1O. The molecule has 0 aliphatic carbocycles. The molecule has 0 atom stereocenters. The topological polar surface area (TPSA) is 60.7 Å². The first-order chi connectivity index (χ1) is 12.7. The average molecular weight is 362 g/mol. The molecule has 0 unspecified atom stereocenters. The highest BCUT2D eigenvalue weighted by Gasteiger charge is 2.36. The van der Waals surface area contributed by atoms with Crippen molar-refractivity contribution in [3.8, 4) is 17.2 Å². The van der Waals surface area contributed by atoms with E-state index in [1.807, 2.05) is 58.0 Å². The lowest BCUT2D eigenvalue weighted by atomic mass is 9.67. The number of phenols is 3. The molecule has 0 aromatic heterocycles. The van der Waals surface area contributed by atoms with Crippen LogP contribution in [0.4, 0.5) is 0 Å². The Hall–Kier alpha value is -2.94. The maximum atomic E-state index is 10.7. The first-order valence-electron chi connectivity index (χ1n) is 9.06. The summed E-state index contributed by atoms with van der Waals surface area (Å²) in [6.07, 6.45) is 0. The molecule has 0 radical (unpaired) electrons. The zero-order valence-electron chi connectivity index (χ0n) is 16.5. The molecule has 3 nitrogen and oxygen atoms in total. The number of para-hydroxylation sites is 1. The van der Waals surface area contributed by atoms with Crippen LogP contribution in [0.1, 0.15) is 45.9 Å². The van der Waals surface area contributed by atoms with Gasteiger partial charge in [-0.1, -0.05) is 30.3 Å². The van der Waals surface area contributed by atoms with Gasteiger partial charge in [-0.15, -0.1) is 0 Å². The predicted molar refractivity (Wildman–Crippen MR) is 109 cm³/mol. The molecule has 3 aromatic carbocycles. The van der Waals surface area contributed by atoms with Crippen LogP contribution in [0.3, 0.4) is 0 Å². The summed E-state index contributed by atoms with van der Waals surface area (Å²) in [4.78, 5) is 0. The van der Waals surface area contributed by atoms with E-state index in [-0.39, 0.29) is 17.2 Å². The van der Waals surface area contributed by atoms with E-state index in [0.29, 0.717) is 0 Å². The van der Waals surface area contributed by atoms with Crippen molar-refractivity contribution in [1.82, 2.24) is 0 Å². The minimum atomic E-state index is -0.656. The zero-order chi connectivity index (χ0) is 19.9. The lowest BCUT2D eigenvalue weighted by Crippen LogP contribution is -2.28. The number of aromatic hydroxyl groups is 3. The van der Waals surface area contributed by atoms with Crippen molar-refractivity contribution in [2.24, 2.45) is 0 Å². The molecule has 3 rings (SSSR count). The van der Waals surface area contributed by atoms with E-state index in [1.54, 1.807) is 18.2 Å². The molecular formula is C24H26O3. The fourth-order valence-corrected chi connectivity index (χ4v) is 4.01. The Bertz CT molecular complexity index is 961. The summed E-state index contributed by atoms with van der Waals surface area (Å²) in [7, 11) is 0. The number of hydrogen-bond donors (Lipinski definition) is 3. The van der Waals surface area contributed by atoms with Crippen molar-refractivity contribution in [2.45, 2.75) is 40.0 Å². The molecule has 140 valence electrons. The molecule has 0 saturated carbocycles. The molecule has 0 aliphatic heterocycles. The van der Waals surface area contributed by atoms with E-state index >= 15 is 0 Å². The Morgan fingerprint density at radius 3 is 1.44 bits per heavy atom. The van der Waals surface area contributed by atoms with Gasteiger partial charge in [0.25, 0.3) is 0 Å². The van der Waals surface area contributed by atoms with Gasteiger partial charge in [0.2, 0.25) is 0 Å². The van der Waals surface area contributed by atoms with E-state index in [1.165, 1.54) is 0 Å². The fourth-order valence-electron chi connectivity index (χ4n) is 4.01. The maximum absolute atomic E-state index is 10.7. The summed E-state index contributed by atoms with van der Waals surface area (Å²) in [6, 6.07) is 14.9. The van der Waals surface area contributed by atoms with Crippen molar-refractivity contribution < 1.29 is 15.3 Å². The van der Waals surface area contributed by atoms with Crippen LogP contribution in [-0.2, 0) is 5.41 Å². The van der Waals surface area contributed by atoms with E-state index in [0.717, 1.165) is 38.9 Å². The third-order valence-corrected chi connectivity index (χ3v) is 5.61. The molecule has 3 heteroatoms. The second kappa shape index (κ2) is 6.66. The van der Waals surface area contributed by atoms with Crippen molar-refractivity contribution in [2.75, 3.05) is 0 Å². The molecule has 0 saturated heterocycles. The third kappa shape index (κ3) is 3.03. The third-order valence-electron chi connectivity index (χ3n) is 5.61. The number of rotatable bonds is 3. The highest BCUT2D eigenvalue weighted by Crippen LogP contribution is 2.46. The highest BCUT2D eigenvalue weighted by molar-refractivity contribution is 5.61. The Labute approximate surface area is 160 Å². The van der Waals surface area contributed by atoms with Gasteiger partial charge in [-0.05, 0) is 86.2 Å². The van der Waals surface area contributed by atoms with Gasteiger partial charge in [-0.2, -0.15) is 0 Å². The van der Waals surface area contributed by atoms with Crippen molar-refractivity contribution in [3.63, 3.8) is 0 Å². The molecular weight excluding hydrogens is 336 g/mol. The Kier molecular flexibility index (Phi) is 4.64. The van der Waals surface area contributed by atoms with Crippen LogP contribution in [0.5, 0.6) is 17.2 Å². The van der Waals surface area contributed by atoms with E-state index in [4.69, 9.17) is 0 Å². The van der Waals surface area contributed by atoms with E-state index in [9.17, 15) is 15.3 Å². The van der Waals surface area contributed by atoms with Crippen LogP contribution in [0.15, 0.2) is 48.5 Å². The summed E-state index contributed by atoms with van der Waals surface area (Å²) >= 11 is 0. The fraction of sp³-hybridized carbons (Fsp3) is 0.250. The smallest absolute Gasteiger partial charge is 0.120 e. The van der Waals surface area contributed by atoms with Crippen LogP contribution < -0.4 is 0 Å². The van der Waals surface area contributed by atoms with Gasteiger partial charge in [0.05, 0.1) is 0 Å². The van der Waals surface area contributed by atoms with Gasteiger partial charge in [-0.3, -0.25) is 0 Å². The van der Waals surface area contributed by atoms with Crippen LogP contribution in [0.2, 0.25) is 0 Å². The van der Waals surface area contributed by atoms with Crippen molar-refractivity contribution in [3.05, 3.63) is 87.5 Å². The van der Waals surface area contributed by atoms with E-state index < -0.39 is 5.41 Å². The molecule has 3 aromatic rings. The van der Waals surface area contributed by atoms with Crippen LogP contribution in [0.25, 0.3) is 0 Å². The molecule has 27 heavy (non-hydrogen) atoms. The first kappa shape index (κ1) is 18.8. The quantitative estimate of drug-likeness (QED) is 0.547. The number of phenolic OH excluding ortho intramolecular Hbond substituents is 3. The molecule has 0 amide bonds. The lowest BCUT2D eigenvalue weighted by molar-refractivity contribution is 0.455. The van der Waals surface area contributed by atoms with Gasteiger partial charge in [0.15, 0.2) is 0 Å². The number of benzene rings is 3. The molecule has 0 aliphatic rings. The van der Waals surface area contributed by atoms with Gasteiger partial charge >= 0.3 is 0 Å². The molecule has 0 spiro atoms. The summed E-state index contributed by atoms with van der Waals surface area (Å²) in [6.45, 7) is 9.77. The zero-order valence-corrected chi connectivity index (χ0v) is 16.5. The van der Waals surface area contributed by atoms with Crippen molar-refractivity contribution in [1.29, 1.82) is 0 Å². The minimum Gasteiger partial charge on any atom is -0.508 e. The Morgan fingerprint density at radius 1 is 0.556 bits per heavy atom. The van der Waals surface area contributed by atoms with Gasteiger partial charge < -0.3 is 15.3 Å². The highest BCUT2D eigenvalue weighted by atomic mass is 16.3. The summed E-state index contributed by atoms with van der Waals surface area (Å²) in [5.41, 5.74) is 5.58. The van der Waals surface area contributed by atoms with Crippen LogP contribution >= 0.6 is 0 Å². The summed E-state index contributed by atoms with van der Waals surface area (Å²) in [5, 5.41) is 31.0. The molecule has 3 N–H and O–H groups in total. The monoisotopic (exact) mass is 362 g/mol. The largest absolute Gasteiger partial charge is 0.508 e. The molecule has 0 bridgehead atoms. The van der Waals surface area contributed by atoms with Crippen LogP contribution in [0, 0.1) is 27.7 Å². The average Bonchev–Trinajstić information content (AvgIpc) is 2.61. The lowest BCUT2D eigenvalue weighted by Gasteiger charge is -2.35. The van der Waals surface area contributed by atoms with E-state index in [2.05, 4.69) is 6.92 Å². The standard InChI is InChI=1S/C24H26O3/c1-14-12-22(26)16(3)10-19(14)24(5,18-8-6-7-9-21(18)25)20-11-17(4)23(27)13-15(20)2/h6-13,25-27H,1-5H3. The second-order valence-corrected chi connectivity index (χ2v) is 7.55. The normalized spacial score (nSPS) is 11.6. The van der Waals surface area contributed by atoms with Crippen molar-refractivity contribution >= 4 is 0 Å². The minimum absolute atomic E-state index is 0.218. The molecule has 0 heterocycles. The summed E-state index contributed by atoms with van der Waals surface area (Å²) < 4.78 is 0. The second-order valence-electron chi connectivity index (χ2n) is 7.55. The van der Waals surface area contributed by atoms with Gasteiger partial charge in [0, 0.05) is 11.0 Å². The van der Waals surface area contributed by atoms with Gasteiger partial charge in [-0.25, -0.2) is 0 Å². The number of hydrogen-bond acceptors (Lipinski definition) is 3. The summed E-state index contributed by atoms with van der Waals surface area (Å²) in [5.74, 6) is 0.735. The predicted octanol–water partition coefficient (Wildman–Crippen LogP) is 5.39. The first-order valence-corrected chi connectivity index (χ1v) is 9.06. The van der Waals surface area contributed by atoms with Gasteiger partial charge in [0.1, 0.15) is 17.2 Å². The Balaban J connectivity index is 2.44. The van der Waals surface area contributed by atoms with Crippen LogP contribution in [-0.4, -0.2) is 15.3 Å². The number of aryl methyl sites for hydroxylation is 4. The molecule has 0 fully saturated rings. The maximum Gasteiger partial charge on any atom is 0.120 e.